The van der Waals surface area contributed by atoms with Gasteiger partial charge in [-0.1, -0.05) is 20.8 Å². The maximum Gasteiger partial charge on any atom is 0.279 e. The Labute approximate surface area is 110 Å². The molecular formula is C11H24N4O2S. The van der Waals surface area contributed by atoms with Gasteiger partial charge in [0.2, 0.25) is 0 Å². The molecule has 106 valence electrons. The van der Waals surface area contributed by atoms with Crippen LogP contribution in [0, 0.1) is 16.7 Å². The molecule has 1 heterocycles. The van der Waals surface area contributed by atoms with Crippen molar-refractivity contribution in [3.05, 3.63) is 0 Å². The van der Waals surface area contributed by atoms with Crippen molar-refractivity contribution in [2.24, 2.45) is 17.1 Å². The third-order valence-corrected chi connectivity index (χ3v) is 5.07. The topological polar surface area (TPSA) is 99.3 Å². The van der Waals surface area contributed by atoms with Gasteiger partial charge in [0.1, 0.15) is 0 Å². The molecule has 0 unspecified atom stereocenters. The number of rotatable bonds is 5. The van der Waals surface area contributed by atoms with E-state index < -0.39 is 10.2 Å². The second-order valence-corrected chi connectivity index (χ2v) is 7.38. The largest absolute Gasteiger partial charge is 0.387 e. The number of amidine groups is 1. The van der Waals surface area contributed by atoms with Crippen LogP contribution >= 0.6 is 0 Å². The van der Waals surface area contributed by atoms with Gasteiger partial charge in [-0.25, -0.2) is 4.72 Å². The number of hydrogen-bond donors (Lipinski definition) is 3. The van der Waals surface area contributed by atoms with Gasteiger partial charge in [-0.3, -0.25) is 5.41 Å². The SMILES string of the molecule is CC(C)CNS(=O)(=O)N1CCC(C)(C(=N)N)CC1. The van der Waals surface area contributed by atoms with Gasteiger partial charge in [-0.2, -0.15) is 12.7 Å². The molecule has 0 spiro atoms. The van der Waals surface area contributed by atoms with Crippen molar-refractivity contribution in [1.82, 2.24) is 9.03 Å². The zero-order valence-corrected chi connectivity index (χ0v) is 12.2. The number of hydrogen-bond acceptors (Lipinski definition) is 3. The van der Waals surface area contributed by atoms with E-state index in [2.05, 4.69) is 4.72 Å². The van der Waals surface area contributed by atoms with Crippen molar-refractivity contribution in [3.63, 3.8) is 0 Å². The number of nitrogens with zero attached hydrogens (tertiary/aromatic N) is 1. The smallest absolute Gasteiger partial charge is 0.279 e. The molecule has 0 aliphatic carbocycles. The van der Waals surface area contributed by atoms with E-state index in [4.69, 9.17) is 11.1 Å². The molecule has 18 heavy (non-hydrogen) atoms. The highest BCUT2D eigenvalue weighted by Gasteiger charge is 2.36. The number of piperidine rings is 1. The molecule has 0 aromatic carbocycles. The van der Waals surface area contributed by atoms with E-state index in [1.54, 1.807) is 0 Å². The van der Waals surface area contributed by atoms with Crippen molar-refractivity contribution in [1.29, 1.82) is 5.41 Å². The lowest BCUT2D eigenvalue weighted by molar-refractivity contribution is 0.238. The summed E-state index contributed by atoms with van der Waals surface area (Å²) < 4.78 is 28.0. The predicted molar refractivity (Wildman–Crippen MR) is 72.6 cm³/mol. The summed E-state index contributed by atoms with van der Waals surface area (Å²) in [7, 11) is -3.38. The third kappa shape index (κ3) is 3.66. The molecule has 1 saturated heterocycles. The predicted octanol–water partition coefficient (Wildman–Crippen LogP) is 0.515. The Kier molecular flexibility index (Phi) is 4.74. The van der Waals surface area contributed by atoms with Crippen molar-refractivity contribution in [3.8, 4) is 0 Å². The minimum absolute atomic E-state index is 0.148. The van der Waals surface area contributed by atoms with Crippen LogP contribution in [-0.4, -0.2) is 38.2 Å². The monoisotopic (exact) mass is 276 g/mol. The molecule has 1 rings (SSSR count). The summed E-state index contributed by atoms with van der Waals surface area (Å²) in [6.45, 7) is 7.13. The fraction of sp³-hybridized carbons (Fsp3) is 0.909. The quantitative estimate of drug-likeness (QED) is 0.504. The molecule has 0 radical (unpaired) electrons. The average molecular weight is 276 g/mol. The molecule has 1 aliphatic heterocycles. The third-order valence-electron chi connectivity index (χ3n) is 3.49. The zero-order chi connectivity index (χ0) is 14.0. The van der Waals surface area contributed by atoms with Gasteiger partial charge in [0.25, 0.3) is 10.2 Å². The minimum Gasteiger partial charge on any atom is -0.387 e. The molecule has 6 nitrogen and oxygen atoms in total. The molecular weight excluding hydrogens is 252 g/mol. The lowest BCUT2D eigenvalue weighted by Crippen LogP contribution is -2.50. The van der Waals surface area contributed by atoms with Crippen molar-refractivity contribution in [2.75, 3.05) is 19.6 Å². The molecule has 0 saturated carbocycles. The molecule has 0 bridgehead atoms. The molecule has 7 heteroatoms. The molecule has 0 aromatic heterocycles. The molecule has 1 aliphatic rings. The lowest BCUT2D eigenvalue weighted by Gasteiger charge is -2.37. The summed E-state index contributed by atoms with van der Waals surface area (Å²) in [5, 5.41) is 7.54. The van der Waals surface area contributed by atoms with E-state index >= 15 is 0 Å². The first-order valence-electron chi connectivity index (χ1n) is 6.26. The van der Waals surface area contributed by atoms with Crippen LogP contribution in [0.3, 0.4) is 0 Å². The highest BCUT2D eigenvalue weighted by Crippen LogP contribution is 2.31. The van der Waals surface area contributed by atoms with Crippen molar-refractivity contribution >= 4 is 16.0 Å². The Hall–Kier alpha value is -0.660. The lowest BCUT2D eigenvalue weighted by atomic mass is 9.80. The summed E-state index contributed by atoms with van der Waals surface area (Å²) in [6.07, 6.45) is 1.20. The van der Waals surface area contributed by atoms with Gasteiger partial charge < -0.3 is 5.73 Å². The summed E-state index contributed by atoms with van der Waals surface area (Å²) in [5.74, 6) is 0.432. The maximum atomic E-state index is 12.0. The number of nitrogens with one attached hydrogen (secondary N) is 2. The van der Waals surface area contributed by atoms with Gasteiger partial charge in [0, 0.05) is 25.0 Å². The van der Waals surface area contributed by atoms with E-state index in [9.17, 15) is 8.42 Å². The van der Waals surface area contributed by atoms with E-state index in [0.717, 1.165) is 0 Å². The normalized spacial score (nSPS) is 21.1. The van der Waals surface area contributed by atoms with E-state index in [0.29, 0.717) is 32.5 Å². The molecule has 0 amide bonds. The Bertz CT molecular complexity index is 397. The van der Waals surface area contributed by atoms with Crippen LogP contribution in [0.4, 0.5) is 0 Å². The van der Waals surface area contributed by atoms with E-state index in [1.165, 1.54) is 4.31 Å². The number of nitrogens with two attached hydrogens (primary N) is 1. The Balaban J connectivity index is 2.60. The van der Waals surface area contributed by atoms with Gasteiger partial charge in [0.05, 0.1) is 5.84 Å². The summed E-state index contributed by atoms with van der Waals surface area (Å²) in [4.78, 5) is 0. The van der Waals surface area contributed by atoms with Crippen LogP contribution in [0.5, 0.6) is 0 Å². The van der Waals surface area contributed by atoms with Crippen LogP contribution in [0.15, 0.2) is 0 Å². The second kappa shape index (κ2) is 5.54. The average Bonchev–Trinajstić information content (AvgIpc) is 2.27. The van der Waals surface area contributed by atoms with Gasteiger partial charge in [-0.05, 0) is 18.8 Å². The molecule has 0 aromatic rings. The summed E-state index contributed by atoms with van der Waals surface area (Å²) in [5.41, 5.74) is 5.20. The second-order valence-electron chi connectivity index (χ2n) is 5.62. The highest BCUT2D eigenvalue weighted by atomic mass is 32.2. The maximum absolute atomic E-state index is 12.0. The zero-order valence-electron chi connectivity index (χ0n) is 11.4. The standard InChI is InChI=1S/C11H24N4O2S/c1-9(2)8-14-18(16,17)15-6-4-11(3,5-7-15)10(12)13/h9,14H,4-8H2,1-3H3,(H3,12,13). The molecule has 0 atom stereocenters. The molecule has 4 N–H and O–H groups in total. The van der Waals surface area contributed by atoms with Crippen LogP contribution in [0.1, 0.15) is 33.6 Å². The van der Waals surface area contributed by atoms with Crippen LogP contribution in [0.2, 0.25) is 0 Å². The molecule has 1 fully saturated rings. The van der Waals surface area contributed by atoms with Crippen LogP contribution < -0.4 is 10.5 Å². The van der Waals surface area contributed by atoms with Crippen LogP contribution in [0.25, 0.3) is 0 Å². The summed E-state index contributed by atoms with van der Waals surface area (Å²) >= 11 is 0. The van der Waals surface area contributed by atoms with Gasteiger partial charge in [-0.15, -0.1) is 0 Å². The fourth-order valence-electron chi connectivity index (χ4n) is 1.85. The van der Waals surface area contributed by atoms with Crippen molar-refractivity contribution in [2.45, 2.75) is 33.6 Å². The van der Waals surface area contributed by atoms with Crippen molar-refractivity contribution < 1.29 is 8.42 Å². The minimum atomic E-state index is -3.38. The first-order valence-corrected chi connectivity index (χ1v) is 7.70. The van der Waals surface area contributed by atoms with Crippen LogP contribution in [-0.2, 0) is 10.2 Å². The van der Waals surface area contributed by atoms with Gasteiger partial charge in [0.15, 0.2) is 0 Å². The van der Waals surface area contributed by atoms with Gasteiger partial charge >= 0.3 is 0 Å². The van der Waals surface area contributed by atoms with E-state index in [1.807, 2.05) is 20.8 Å². The first-order chi connectivity index (χ1) is 8.17. The Morgan fingerprint density at radius 1 is 1.44 bits per heavy atom. The van der Waals surface area contributed by atoms with E-state index in [-0.39, 0.29) is 17.2 Å². The summed E-state index contributed by atoms with van der Waals surface area (Å²) in [6, 6.07) is 0. The Morgan fingerprint density at radius 2 is 1.94 bits per heavy atom. The highest BCUT2D eigenvalue weighted by molar-refractivity contribution is 7.87. The first kappa shape index (κ1) is 15.4. The fourth-order valence-corrected chi connectivity index (χ4v) is 3.24. The Morgan fingerprint density at radius 3 is 2.33 bits per heavy atom.